The molecule has 0 saturated carbocycles. The van der Waals surface area contributed by atoms with Gasteiger partial charge in [-0.2, -0.15) is 0 Å². The fourth-order valence-electron chi connectivity index (χ4n) is 3.62. The second-order valence-electron chi connectivity index (χ2n) is 8.18. The summed E-state index contributed by atoms with van der Waals surface area (Å²) in [5.41, 5.74) is 12.4. The van der Waals surface area contributed by atoms with Gasteiger partial charge in [0.05, 0.1) is 24.6 Å². The lowest BCUT2D eigenvalue weighted by Gasteiger charge is -2.27. The molecular weight excluding hydrogens is 459 g/mol. The van der Waals surface area contributed by atoms with Crippen molar-refractivity contribution in [1.29, 1.82) is 0 Å². The molecule has 4 N–H and O–H groups in total. The van der Waals surface area contributed by atoms with Crippen LogP contribution >= 0.6 is 0 Å². The van der Waals surface area contributed by atoms with E-state index < -0.39 is 0 Å². The van der Waals surface area contributed by atoms with Crippen LogP contribution in [-0.2, 0) is 14.3 Å². The van der Waals surface area contributed by atoms with Crippen LogP contribution in [0.3, 0.4) is 0 Å². The van der Waals surface area contributed by atoms with E-state index in [1.54, 1.807) is 48.6 Å². The maximum atomic E-state index is 13.5. The molecule has 184 valence electrons. The van der Waals surface area contributed by atoms with Crippen molar-refractivity contribution in [2.24, 2.45) is 0 Å². The molecule has 1 saturated heterocycles. The number of halogens is 1. The van der Waals surface area contributed by atoms with Crippen molar-refractivity contribution in [2.45, 2.75) is 0 Å². The summed E-state index contributed by atoms with van der Waals surface area (Å²) in [5.74, 6) is -0.957. The number of carbonyl (C=O) groups excluding carboxylic acids is 2. The van der Waals surface area contributed by atoms with Crippen molar-refractivity contribution in [1.82, 2.24) is 10.4 Å². The van der Waals surface area contributed by atoms with Gasteiger partial charge in [0.15, 0.2) is 0 Å². The van der Waals surface area contributed by atoms with Gasteiger partial charge in [0.1, 0.15) is 5.82 Å². The molecule has 0 aliphatic carbocycles. The first kappa shape index (κ1) is 24.8. The number of amides is 2. The van der Waals surface area contributed by atoms with Gasteiger partial charge in [-0.25, -0.2) is 9.40 Å². The number of carbonyl (C=O) groups is 2. The van der Waals surface area contributed by atoms with Crippen LogP contribution in [0.2, 0.25) is 0 Å². The predicted molar refractivity (Wildman–Crippen MR) is 140 cm³/mol. The number of hydrazine groups is 1. The molecular formula is C28H27FN4O3. The van der Waals surface area contributed by atoms with Gasteiger partial charge in [-0.15, -0.1) is 0 Å². The molecule has 4 rings (SSSR count). The van der Waals surface area contributed by atoms with Crippen LogP contribution in [0.4, 0.5) is 15.8 Å². The summed E-state index contributed by atoms with van der Waals surface area (Å²) >= 11 is 0. The highest BCUT2D eigenvalue weighted by Gasteiger charge is 2.18. The first-order valence-electron chi connectivity index (χ1n) is 11.5. The molecule has 7 nitrogen and oxygen atoms in total. The molecule has 0 atom stereocenters. The zero-order valence-corrected chi connectivity index (χ0v) is 19.6. The third-order valence-corrected chi connectivity index (χ3v) is 5.56. The minimum atomic E-state index is -0.373. The van der Waals surface area contributed by atoms with Crippen LogP contribution in [0.15, 0.2) is 78.9 Å². The molecule has 1 heterocycles. The maximum Gasteiger partial charge on any atom is 0.266 e. The van der Waals surface area contributed by atoms with E-state index >= 15 is 0 Å². The van der Waals surface area contributed by atoms with Crippen molar-refractivity contribution < 1.29 is 18.7 Å². The van der Waals surface area contributed by atoms with Crippen molar-refractivity contribution in [3.05, 3.63) is 101 Å². The number of ether oxygens (including phenoxy) is 1. The van der Waals surface area contributed by atoms with E-state index in [2.05, 4.69) is 10.7 Å². The molecule has 1 fully saturated rings. The third kappa shape index (κ3) is 6.88. The van der Waals surface area contributed by atoms with Gasteiger partial charge in [0, 0.05) is 24.7 Å². The number of nitrogens with one attached hydrogen (secondary N) is 2. The SMILES string of the molecule is Nc1ccccc1NC(=O)/C=C/c1ccc(C=C(C(=O)NN2CCOCC2)c2ccc(F)cc2)cc1. The van der Waals surface area contributed by atoms with Crippen LogP contribution in [-0.4, -0.2) is 43.1 Å². The average molecular weight is 487 g/mol. The highest BCUT2D eigenvalue weighted by atomic mass is 19.1. The summed E-state index contributed by atoms with van der Waals surface area (Å²) in [6, 6.07) is 20.2. The molecule has 36 heavy (non-hydrogen) atoms. The average Bonchev–Trinajstić information content (AvgIpc) is 2.89. The van der Waals surface area contributed by atoms with E-state index in [0.717, 1.165) is 11.1 Å². The fourth-order valence-corrected chi connectivity index (χ4v) is 3.62. The monoisotopic (exact) mass is 486 g/mol. The van der Waals surface area contributed by atoms with E-state index in [1.165, 1.54) is 18.2 Å². The molecule has 8 heteroatoms. The number of para-hydroxylation sites is 2. The summed E-state index contributed by atoms with van der Waals surface area (Å²) < 4.78 is 18.8. The van der Waals surface area contributed by atoms with Gasteiger partial charge in [-0.3, -0.25) is 15.0 Å². The van der Waals surface area contributed by atoms with E-state index in [0.29, 0.717) is 48.8 Å². The largest absolute Gasteiger partial charge is 0.397 e. The Hall–Kier alpha value is -4.27. The Morgan fingerprint density at radius 2 is 1.58 bits per heavy atom. The number of nitrogen functional groups attached to an aromatic ring is 1. The number of nitrogens with two attached hydrogens (primary N) is 1. The van der Waals surface area contributed by atoms with E-state index in [-0.39, 0.29) is 17.6 Å². The van der Waals surface area contributed by atoms with Crippen LogP contribution in [0.5, 0.6) is 0 Å². The molecule has 0 aromatic heterocycles. The molecule has 1 aliphatic rings. The maximum absolute atomic E-state index is 13.5. The summed E-state index contributed by atoms with van der Waals surface area (Å²) in [6.45, 7) is 2.27. The van der Waals surface area contributed by atoms with Gasteiger partial charge in [0.25, 0.3) is 5.91 Å². The van der Waals surface area contributed by atoms with Gasteiger partial charge in [-0.05, 0) is 53.1 Å². The van der Waals surface area contributed by atoms with Crippen molar-refractivity contribution in [2.75, 3.05) is 37.4 Å². The molecule has 3 aromatic rings. The number of rotatable bonds is 7. The minimum absolute atomic E-state index is 0.288. The van der Waals surface area contributed by atoms with E-state index in [1.807, 2.05) is 29.3 Å². The number of anilines is 2. The summed E-state index contributed by atoms with van der Waals surface area (Å²) in [5, 5.41) is 4.55. The van der Waals surface area contributed by atoms with E-state index in [9.17, 15) is 14.0 Å². The summed E-state index contributed by atoms with van der Waals surface area (Å²) in [7, 11) is 0. The molecule has 0 spiro atoms. The van der Waals surface area contributed by atoms with Gasteiger partial charge in [-0.1, -0.05) is 48.5 Å². The van der Waals surface area contributed by atoms with Crippen molar-refractivity contribution in [3.63, 3.8) is 0 Å². The number of hydrogen-bond acceptors (Lipinski definition) is 5. The second-order valence-corrected chi connectivity index (χ2v) is 8.18. The topological polar surface area (TPSA) is 96.7 Å². The van der Waals surface area contributed by atoms with Crippen molar-refractivity contribution in [3.8, 4) is 0 Å². The zero-order valence-electron chi connectivity index (χ0n) is 19.6. The normalized spacial score (nSPS) is 14.5. The quantitative estimate of drug-likeness (QED) is 0.267. The first-order chi connectivity index (χ1) is 17.5. The Labute approximate surface area is 209 Å². The second kappa shape index (κ2) is 11.9. The Balaban J connectivity index is 1.48. The Morgan fingerprint density at radius 3 is 2.28 bits per heavy atom. The highest BCUT2D eigenvalue weighted by molar-refractivity contribution is 6.24. The molecule has 0 bridgehead atoms. The van der Waals surface area contributed by atoms with Gasteiger partial charge < -0.3 is 15.8 Å². The van der Waals surface area contributed by atoms with Gasteiger partial charge in [0.2, 0.25) is 5.91 Å². The molecule has 3 aromatic carbocycles. The zero-order chi connectivity index (χ0) is 25.3. The molecule has 1 aliphatic heterocycles. The van der Waals surface area contributed by atoms with Crippen LogP contribution in [0.25, 0.3) is 17.7 Å². The van der Waals surface area contributed by atoms with Crippen LogP contribution < -0.4 is 16.5 Å². The van der Waals surface area contributed by atoms with Crippen LogP contribution in [0.1, 0.15) is 16.7 Å². The summed E-state index contributed by atoms with van der Waals surface area (Å²) in [4.78, 5) is 25.3. The molecule has 2 amide bonds. The molecule has 0 unspecified atom stereocenters. The highest BCUT2D eigenvalue weighted by Crippen LogP contribution is 2.21. The Kier molecular flexibility index (Phi) is 8.23. The number of morpholine rings is 1. The fraction of sp³-hybridized carbons (Fsp3) is 0.143. The smallest absolute Gasteiger partial charge is 0.266 e. The summed E-state index contributed by atoms with van der Waals surface area (Å²) in [6.07, 6.45) is 4.87. The number of hydrogen-bond donors (Lipinski definition) is 3. The predicted octanol–water partition coefficient (Wildman–Crippen LogP) is 3.96. The van der Waals surface area contributed by atoms with Gasteiger partial charge >= 0.3 is 0 Å². The lowest BCUT2D eigenvalue weighted by atomic mass is 10.0. The lowest BCUT2D eigenvalue weighted by molar-refractivity contribution is -0.122. The molecule has 0 radical (unpaired) electrons. The number of benzene rings is 3. The number of nitrogens with zero attached hydrogens (tertiary/aromatic N) is 1. The third-order valence-electron chi connectivity index (χ3n) is 5.56. The Bertz CT molecular complexity index is 1260. The van der Waals surface area contributed by atoms with Crippen molar-refractivity contribution >= 4 is 40.9 Å². The first-order valence-corrected chi connectivity index (χ1v) is 11.5. The lowest BCUT2D eigenvalue weighted by Crippen LogP contribution is -2.48. The Morgan fingerprint density at radius 1 is 0.917 bits per heavy atom. The minimum Gasteiger partial charge on any atom is -0.397 e. The standard InChI is InChI=1S/C28H27FN4O3/c29-23-12-10-22(11-13-23)24(28(35)32-33-15-17-36-18-16-33)19-21-7-5-20(6-8-21)9-14-27(34)31-26-4-2-1-3-25(26)30/h1-14,19H,15-18,30H2,(H,31,34)(H,32,35)/b14-9+,24-19?. The van der Waals surface area contributed by atoms with Crippen LogP contribution in [0, 0.1) is 5.82 Å². The van der Waals surface area contributed by atoms with E-state index in [4.69, 9.17) is 10.5 Å².